The van der Waals surface area contributed by atoms with Crippen LogP contribution < -0.4 is 0 Å². The molecule has 5 heteroatoms. The number of benzene rings is 1. The average molecular weight is 430 g/mol. The SMILES string of the molecule is Cc1cc2c(cc1C1(c3ccc(CN4C(=O)C=NC4=O)cn3)CC1)C(C)(C)CCC2(C)C. The minimum atomic E-state index is -0.507. The highest BCUT2D eigenvalue weighted by Crippen LogP contribution is 2.56. The summed E-state index contributed by atoms with van der Waals surface area (Å²) in [6.45, 7) is 11.9. The lowest BCUT2D eigenvalue weighted by Gasteiger charge is -2.43. The van der Waals surface area contributed by atoms with Gasteiger partial charge >= 0.3 is 6.03 Å². The molecule has 0 atom stereocenters. The molecule has 0 saturated heterocycles. The minimum absolute atomic E-state index is 0.0301. The van der Waals surface area contributed by atoms with Gasteiger partial charge in [-0.15, -0.1) is 0 Å². The molecule has 0 spiro atoms. The molecule has 1 fully saturated rings. The highest BCUT2D eigenvalue weighted by Gasteiger charge is 2.49. The van der Waals surface area contributed by atoms with Crippen LogP contribution in [0.3, 0.4) is 0 Å². The number of aromatic nitrogens is 1. The molecule has 1 aromatic heterocycles. The Bertz CT molecular complexity index is 1140. The first kappa shape index (κ1) is 21.0. The number of carbonyl (C=O) groups excluding carboxylic acids is 2. The van der Waals surface area contributed by atoms with E-state index in [4.69, 9.17) is 4.98 Å². The molecule has 0 unspecified atom stereocenters. The summed E-state index contributed by atoms with van der Waals surface area (Å²) in [5, 5.41) is 0. The van der Waals surface area contributed by atoms with Crippen LogP contribution in [0.5, 0.6) is 0 Å². The van der Waals surface area contributed by atoms with E-state index >= 15 is 0 Å². The van der Waals surface area contributed by atoms with Crippen molar-refractivity contribution in [2.45, 2.75) is 83.1 Å². The second-order valence-electron chi connectivity index (χ2n) is 11.1. The Hall–Kier alpha value is -2.82. The zero-order valence-corrected chi connectivity index (χ0v) is 19.7. The van der Waals surface area contributed by atoms with E-state index in [1.165, 1.54) is 35.1 Å². The van der Waals surface area contributed by atoms with Crippen molar-refractivity contribution in [2.75, 3.05) is 0 Å². The van der Waals surface area contributed by atoms with E-state index in [1.54, 1.807) is 6.20 Å². The molecular formula is C27H31N3O2. The standard InChI is InChI=1S/C27H31N3O2/c1-17-12-20-21(26(4,5)9-8-25(20,2)3)13-19(17)27(10-11-27)22-7-6-18(14-28-22)16-30-23(31)15-29-24(30)32/h6-7,12-15H,8-11,16H2,1-5H3. The third-order valence-electron chi connectivity index (χ3n) is 7.90. The normalized spacial score (nSPS) is 22.2. The monoisotopic (exact) mass is 429 g/mol. The summed E-state index contributed by atoms with van der Waals surface area (Å²) in [6, 6.07) is 8.47. The maximum absolute atomic E-state index is 11.8. The van der Waals surface area contributed by atoms with Crippen molar-refractivity contribution < 1.29 is 9.59 Å². The molecular weight excluding hydrogens is 398 g/mol. The van der Waals surface area contributed by atoms with Gasteiger partial charge in [0, 0.05) is 11.6 Å². The van der Waals surface area contributed by atoms with Gasteiger partial charge in [-0.2, -0.15) is 4.99 Å². The number of fused-ring (bicyclic) bond motifs is 1. The van der Waals surface area contributed by atoms with Crippen LogP contribution in [0.15, 0.2) is 35.5 Å². The van der Waals surface area contributed by atoms with Crippen LogP contribution in [0.25, 0.3) is 0 Å². The fourth-order valence-corrected chi connectivity index (χ4v) is 5.50. The molecule has 2 aliphatic carbocycles. The van der Waals surface area contributed by atoms with E-state index in [0.29, 0.717) is 0 Å². The molecule has 1 saturated carbocycles. The first-order valence-electron chi connectivity index (χ1n) is 11.5. The summed E-state index contributed by atoms with van der Waals surface area (Å²) >= 11 is 0. The number of pyridine rings is 1. The first-order chi connectivity index (χ1) is 15.0. The van der Waals surface area contributed by atoms with Crippen LogP contribution in [0, 0.1) is 6.92 Å². The van der Waals surface area contributed by atoms with Crippen molar-refractivity contribution in [1.29, 1.82) is 0 Å². The van der Waals surface area contributed by atoms with Gasteiger partial charge in [0.2, 0.25) is 0 Å². The number of hydrogen-bond donors (Lipinski definition) is 0. The summed E-state index contributed by atoms with van der Waals surface area (Å²) < 4.78 is 0. The van der Waals surface area contributed by atoms with Crippen molar-refractivity contribution in [3.63, 3.8) is 0 Å². The van der Waals surface area contributed by atoms with E-state index in [-0.39, 0.29) is 28.7 Å². The summed E-state index contributed by atoms with van der Waals surface area (Å²) in [7, 11) is 0. The average Bonchev–Trinajstić information content (AvgIpc) is 3.49. The van der Waals surface area contributed by atoms with E-state index in [9.17, 15) is 9.59 Å². The number of rotatable bonds is 4. The van der Waals surface area contributed by atoms with E-state index in [2.05, 4.69) is 57.8 Å². The van der Waals surface area contributed by atoms with Gasteiger partial charge in [-0.3, -0.25) is 14.7 Å². The molecule has 2 heterocycles. The van der Waals surface area contributed by atoms with Crippen molar-refractivity contribution in [3.05, 3.63) is 64.0 Å². The molecule has 1 aromatic carbocycles. The second-order valence-corrected chi connectivity index (χ2v) is 11.1. The molecule has 5 nitrogen and oxygen atoms in total. The van der Waals surface area contributed by atoms with Gasteiger partial charge in [-0.05, 0) is 77.3 Å². The fourth-order valence-electron chi connectivity index (χ4n) is 5.50. The Kier molecular flexibility index (Phi) is 4.50. The molecule has 0 radical (unpaired) electrons. The van der Waals surface area contributed by atoms with Crippen molar-refractivity contribution in [2.24, 2.45) is 4.99 Å². The molecule has 0 N–H and O–H groups in total. The Labute approximate surface area is 190 Å². The van der Waals surface area contributed by atoms with E-state index in [1.807, 2.05) is 6.07 Å². The molecule has 2 aromatic rings. The van der Waals surface area contributed by atoms with Crippen LogP contribution in [0.1, 0.15) is 86.9 Å². The number of amides is 3. The lowest BCUT2D eigenvalue weighted by Crippen LogP contribution is -2.34. The zero-order valence-electron chi connectivity index (χ0n) is 19.7. The van der Waals surface area contributed by atoms with E-state index in [0.717, 1.165) is 35.2 Å². The lowest BCUT2D eigenvalue weighted by molar-refractivity contribution is -0.120. The summed E-state index contributed by atoms with van der Waals surface area (Å²) in [5.41, 5.74) is 8.01. The Morgan fingerprint density at radius 3 is 2.09 bits per heavy atom. The highest BCUT2D eigenvalue weighted by molar-refractivity contribution is 6.35. The van der Waals surface area contributed by atoms with Crippen LogP contribution in [-0.2, 0) is 27.6 Å². The van der Waals surface area contributed by atoms with Gasteiger partial charge in [-0.1, -0.05) is 45.9 Å². The number of hydrogen-bond acceptors (Lipinski definition) is 3. The van der Waals surface area contributed by atoms with Crippen molar-refractivity contribution in [1.82, 2.24) is 9.88 Å². The zero-order chi connectivity index (χ0) is 22.9. The number of aliphatic imine (C=N–C) groups is 1. The van der Waals surface area contributed by atoms with Gasteiger partial charge in [-0.25, -0.2) is 4.79 Å². The van der Waals surface area contributed by atoms with Gasteiger partial charge in [0.1, 0.15) is 0 Å². The summed E-state index contributed by atoms with van der Waals surface area (Å²) in [5.74, 6) is -0.368. The maximum atomic E-state index is 11.8. The Morgan fingerprint density at radius 2 is 1.56 bits per heavy atom. The second kappa shape index (κ2) is 6.84. The van der Waals surface area contributed by atoms with Crippen LogP contribution in [-0.4, -0.2) is 28.0 Å². The third-order valence-corrected chi connectivity index (χ3v) is 7.90. The smallest absolute Gasteiger partial charge is 0.267 e. The van der Waals surface area contributed by atoms with Crippen molar-refractivity contribution >= 4 is 18.2 Å². The van der Waals surface area contributed by atoms with Crippen LogP contribution in [0.4, 0.5) is 4.79 Å². The number of aryl methyl sites for hydroxylation is 1. The predicted molar refractivity (Wildman–Crippen MR) is 125 cm³/mol. The van der Waals surface area contributed by atoms with Gasteiger partial charge in [0.15, 0.2) is 0 Å². The quantitative estimate of drug-likeness (QED) is 0.658. The van der Waals surface area contributed by atoms with Gasteiger partial charge < -0.3 is 0 Å². The molecule has 5 rings (SSSR count). The highest BCUT2D eigenvalue weighted by atomic mass is 16.2. The van der Waals surface area contributed by atoms with Gasteiger partial charge in [0.05, 0.1) is 18.5 Å². The van der Waals surface area contributed by atoms with Gasteiger partial charge in [0.25, 0.3) is 5.91 Å². The number of urea groups is 1. The summed E-state index contributed by atoms with van der Waals surface area (Å²) in [6.07, 6.45) is 7.49. The fraction of sp³-hybridized carbons (Fsp3) is 0.481. The molecule has 1 aliphatic heterocycles. The maximum Gasteiger partial charge on any atom is 0.350 e. The largest absolute Gasteiger partial charge is 0.350 e. The van der Waals surface area contributed by atoms with Crippen LogP contribution >= 0.6 is 0 Å². The summed E-state index contributed by atoms with van der Waals surface area (Å²) in [4.78, 5) is 33.1. The molecule has 32 heavy (non-hydrogen) atoms. The Morgan fingerprint density at radius 1 is 0.906 bits per heavy atom. The molecule has 166 valence electrons. The Balaban J connectivity index is 1.48. The molecule has 3 amide bonds. The minimum Gasteiger partial charge on any atom is -0.267 e. The number of imide groups is 1. The topological polar surface area (TPSA) is 62.6 Å². The molecule has 3 aliphatic rings. The van der Waals surface area contributed by atoms with Crippen LogP contribution in [0.2, 0.25) is 0 Å². The van der Waals surface area contributed by atoms with E-state index < -0.39 is 6.03 Å². The number of nitrogens with zero attached hydrogens (tertiary/aromatic N) is 3. The first-order valence-corrected chi connectivity index (χ1v) is 11.5. The lowest BCUT2D eigenvalue weighted by atomic mass is 9.62. The predicted octanol–water partition coefficient (Wildman–Crippen LogP) is 5.35. The third kappa shape index (κ3) is 3.21. The molecule has 0 bridgehead atoms. The number of carbonyl (C=O) groups is 2. The van der Waals surface area contributed by atoms with Crippen molar-refractivity contribution in [3.8, 4) is 0 Å².